The summed E-state index contributed by atoms with van der Waals surface area (Å²) in [5.41, 5.74) is 1.81. The summed E-state index contributed by atoms with van der Waals surface area (Å²) in [5, 5.41) is 7.19. The summed E-state index contributed by atoms with van der Waals surface area (Å²) in [5.74, 6) is 0.556. The molecule has 0 aliphatic carbocycles. The average Bonchev–Trinajstić information content (AvgIpc) is 3.13. The Hall–Kier alpha value is -2.21. The van der Waals surface area contributed by atoms with E-state index >= 15 is 0 Å². The lowest BCUT2D eigenvalue weighted by molar-refractivity contribution is 0.0922. The van der Waals surface area contributed by atoms with Gasteiger partial charge in [0.2, 0.25) is 0 Å². The standard InChI is InChI=1S/C19H27N5O/c1-15(2)23-9-3-4-17(11-23)10-21-19(25)18-7-5-16(6-8-18)12-24-14-20-13-22-24/h5-8,13-15,17H,3-4,9-12H2,1-2H3,(H,21,25). The van der Waals surface area contributed by atoms with Gasteiger partial charge in [0.25, 0.3) is 5.91 Å². The third kappa shape index (κ3) is 4.89. The minimum atomic E-state index is 0.00831. The van der Waals surface area contributed by atoms with Crippen LogP contribution in [0.3, 0.4) is 0 Å². The topological polar surface area (TPSA) is 63.1 Å². The van der Waals surface area contributed by atoms with Gasteiger partial charge in [0.05, 0.1) is 6.54 Å². The Balaban J connectivity index is 1.49. The van der Waals surface area contributed by atoms with Crippen molar-refractivity contribution in [2.75, 3.05) is 19.6 Å². The highest BCUT2D eigenvalue weighted by atomic mass is 16.1. The van der Waals surface area contributed by atoms with Crippen LogP contribution in [0.4, 0.5) is 0 Å². The number of nitrogens with one attached hydrogen (secondary N) is 1. The van der Waals surface area contributed by atoms with E-state index in [-0.39, 0.29) is 5.91 Å². The first kappa shape index (κ1) is 17.6. The van der Waals surface area contributed by atoms with Crippen LogP contribution >= 0.6 is 0 Å². The Morgan fingerprint density at radius 2 is 2.12 bits per heavy atom. The largest absolute Gasteiger partial charge is 0.352 e. The van der Waals surface area contributed by atoms with Crippen molar-refractivity contribution < 1.29 is 4.79 Å². The summed E-state index contributed by atoms with van der Waals surface area (Å²) >= 11 is 0. The lowest BCUT2D eigenvalue weighted by Crippen LogP contribution is -2.43. The molecule has 0 spiro atoms. The Morgan fingerprint density at radius 1 is 1.32 bits per heavy atom. The molecule has 0 bridgehead atoms. The molecule has 6 heteroatoms. The van der Waals surface area contributed by atoms with Crippen molar-refractivity contribution in [2.45, 2.75) is 39.3 Å². The van der Waals surface area contributed by atoms with E-state index in [1.165, 1.54) is 25.7 Å². The van der Waals surface area contributed by atoms with Crippen molar-refractivity contribution in [1.82, 2.24) is 25.0 Å². The lowest BCUT2D eigenvalue weighted by Gasteiger charge is -2.35. The highest BCUT2D eigenvalue weighted by molar-refractivity contribution is 5.94. The second-order valence-corrected chi connectivity index (χ2v) is 7.10. The molecule has 6 nitrogen and oxygen atoms in total. The monoisotopic (exact) mass is 341 g/mol. The predicted octanol–water partition coefficient (Wildman–Crippen LogP) is 2.18. The van der Waals surface area contributed by atoms with Crippen molar-refractivity contribution in [3.63, 3.8) is 0 Å². The van der Waals surface area contributed by atoms with E-state index in [9.17, 15) is 4.79 Å². The quantitative estimate of drug-likeness (QED) is 0.875. The second-order valence-electron chi connectivity index (χ2n) is 7.10. The fourth-order valence-electron chi connectivity index (χ4n) is 3.33. The highest BCUT2D eigenvalue weighted by Gasteiger charge is 2.22. The Labute approximate surface area is 149 Å². The Bertz CT molecular complexity index is 666. The van der Waals surface area contributed by atoms with Gasteiger partial charge >= 0.3 is 0 Å². The molecule has 1 amide bonds. The third-order valence-corrected chi connectivity index (χ3v) is 4.86. The van der Waals surface area contributed by atoms with Crippen molar-refractivity contribution in [3.8, 4) is 0 Å². The number of amides is 1. The molecule has 25 heavy (non-hydrogen) atoms. The predicted molar refractivity (Wildman–Crippen MR) is 97.3 cm³/mol. The van der Waals surface area contributed by atoms with Crippen molar-refractivity contribution >= 4 is 5.91 Å². The fraction of sp³-hybridized carbons (Fsp3) is 0.526. The second kappa shape index (κ2) is 8.25. The summed E-state index contributed by atoms with van der Waals surface area (Å²) in [6, 6.07) is 8.28. The maximum atomic E-state index is 12.4. The average molecular weight is 341 g/mol. The molecule has 1 fully saturated rings. The van der Waals surface area contributed by atoms with E-state index in [1.54, 1.807) is 11.0 Å². The van der Waals surface area contributed by atoms with Gasteiger partial charge in [-0.3, -0.25) is 4.79 Å². The molecule has 134 valence electrons. The summed E-state index contributed by atoms with van der Waals surface area (Å²) in [6.45, 7) is 8.14. The van der Waals surface area contributed by atoms with E-state index in [2.05, 4.69) is 34.1 Å². The Morgan fingerprint density at radius 3 is 2.80 bits per heavy atom. The molecule has 2 heterocycles. The molecular formula is C19H27N5O. The van der Waals surface area contributed by atoms with Gasteiger partial charge in [-0.2, -0.15) is 5.10 Å². The summed E-state index contributed by atoms with van der Waals surface area (Å²) < 4.78 is 1.76. The number of hydrogen-bond acceptors (Lipinski definition) is 4. The molecule has 1 aliphatic rings. The first-order valence-corrected chi connectivity index (χ1v) is 9.05. The zero-order chi connectivity index (χ0) is 17.6. The van der Waals surface area contributed by atoms with Crippen LogP contribution in [0.1, 0.15) is 42.6 Å². The molecule has 1 aromatic carbocycles. The minimum Gasteiger partial charge on any atom is -0.352 e. The van der Waals surface area contributed by atoms with E-state index in [4.69, 9.17) is 0 Å². The van der Waals surface area contributed by atoms with Crippen LogP contribution in [0.2, 0.25) is 0 Å². The van der Waals surface area contributed by atoms with Gasteiger partial charge in [-0.15, -0.1) is 0 Å². The maximum absolute atomic E-state index is 12.4. The van der Waals surface area contributed by atoms with E-state index < -0.39 is 0 Å². The van der Waals surface area contributed by atoms with Gasteiger partial charge in [-0.1, -0.05) is 12.1 Å². The van der Waals surface area contributed by atoms with Crippen molar-refractivity contribution in [2.24, 2.45) is 5.92 Å². The molecule has 2 aromatic rings. The SMILES string of the molecule is CC(C)N1CCCC(CNC(=O)c2ccc(Cn3cncn3)cc2)C1. The van der Waals surface area contributed by atoms with Gasteiger partial charge < -0.3 is 10.2 Å². The number of likely N-dealkylation sites (tertiary alicyclic amines) is 1. The first-order chi connectivity index (χ1) is 12.1. The van der Waals surface area contributed by atoms with Gasteiger partial charge in [0, 0.05) is 24.7 Å². The van der Waals surface area contributed by atoms with Crippen LogP contribution in [0.15, 0.2) is 36.9 Å². The smallest absolute Gasteiger partial charge is 0.251 e. The normalized spacial score (nSPS) is 18.4. The summed E-state index contributed by atoms with van der Waals surface area (Å²) in [4.78, 5) is 18.8. The van der Waals surface area contributed by atoms with E-state index in [0.29, 0.717) is 24.1 Å². The number of hydrogen-bond donors (Lipinski definition) is 1. The van der Waals surface area contributed by atoms with Gasteiger partial charge in [0.15, 0.2) is 0 Å². The molecular weight excluding hydrogens is 314 g/mol. The number of carbonyl (C=O) groups excluding carboxylic acids is 1. The highest BCUT2D eigenvalue weighted by Crippen LogP contribution is 2.18. The van der Waals surface area contributed by atoms with E-state index in [1.807, 2.05) is 24.3 Å². The minimum absolute atomic E-state index is 0.00831. The molecule has 0 radical (unpaired) electrons. The van der Waals surface area contributed by atoms with Crippen molar-refractivity contribution in [1.29, 1.82) is 0 Å². The zero-order valence-electron chi connectivity index (χ0n) is 15.1. The number of rotatable bonds is 6. The fourth-order valence-corrected chi connectivity index (χ4v) is 3.33. The van der Waals surface area contributed by atoms with Crippen LogP contribution in [0.5, 0.6) is 0 Å². The molecule has 1 N–H and O–H groups in total. The lowest BCUT2D eigenvalue weighted by atomic mass is 9.97. The summed E-state index contributed by atoms with van der Waals surface area (Å²) in [7, 11) is 0. The van der Waals surface area contributed by atoms with Crippen LogP contribution in [0.25, 0.3) is 0 Å². The Kier molecular flexibility index (Phi) is 5.81. The van der Waals surface area contributed by atoms with Crippen LogP contribution in [-0.4, -0.2) is 51.2 Å². The molecule has 1 aliphatic heterocycles. The molecule has 1 aromatic heterocycles. The number of aromatic nitrogens is 3. The van der Waals surface area contributed by atoms with Gasteiger partial charge in [-0.25, -0.2) is 9.67 Å². The number of piperidine rings is 1. The van der Waals surface area contributed by atoms with Crippen LogP contribution < -0.4 is 5.32 Å². The first-order valence-electron chi connectivity index (χ1n) is 9.05. The van der Waals surface area contributed by atoms with Gasteiger partial charge in [-0.05, 0) is 56.8 Å². The van der Waals surface area contributed by atoms with Crippen LogP contribution in [-0.2, 0) is 6.54 Å². The van der Waals surface area contributed by atoms with Crippen LogP contribution in [0, 0.1) is 5.92 Å². The molecule has 0 saturated carbocycles. The zero-order valence-corrected chi connectivity index (χ0v) is 15.1. The number of benzene rings is 1. The number of nitrogens with zero attached hydrogens (tertiary/aromatic N) is 4. The summed E-state index contributed by atoms with van der Waals surface area (Å²) in [6.07, 6.45) is 5.62. The molecule has 1 unspecified atom stereocenters. The molecule has 1 saturated heterocycles. The van der Waals surface area contributed by atoms with Crippen molar-refractivity contribution in [3.05, 3.63) is 48.0 Å². The van der Waals surface area contributed by atoms with Gasteiger partial charge in [0.1, 0.15) is 12.7 Å². The third-order valence-electron chi connectivity index (χ3n) is 4.86. The number of carbonyl (C=O) groups is 1. The van der Waals surface area contributed by atoms with E-state index in [0.717, 1.165) is 18.7 Å². The molecule has 1 atom stereocenters. The maximum Gasteiger partial charge on any atom is 0.251 e. The molecule has 3 rings (SSSR count).